The van der Waals surface area contributed by atoms with Crippen molar-refractivity contribution in [3.05, 3.63) is 29.8 Å². The summed E-state index contributed by atoms with van der Waals surface area (Å²) in [7, 11) is -3.24. The minimum Gasteiger partial charge on any atom is -0.396 e. The fourth-order valence-electron chi connectivity index (χ4n) is 1.49. The maximum Gasteiger partial charge on any atom is 0.180 e. The van der Waals surface area contributed by atoms with Crippen LogP contribution in [-0.4, -0.2) is 25.4 Å². The lowest BCUT2D eigenvalue weighted by atomic mass is 10.2. The van der Waals surface area contributed by atoms with Crippen LogP contribution in [0.15, 0.2) is 29.2 Å². The molecule has 0 spiro atoms. The Morgan fingerprint density at radius 3 is 2.31 bits per heavy atom. The average molecular weight is 242 g/mol. The second-order valence-corrected chi connectivity index (χ2v) is 6.40. The van der Waals surface area contributed by atoms with Gasteiger partial charge in [0.25, 0.3) is 0 Å². The molecule has 0 aliphatic heterocycles. The number of sulfone groups is 1. The largest absolute Gasteiger partial charge is 0.396 e. The topological polar surface area (TPSA) is 54.4 Å². The number of benzene rings is 1. The molecule has 0 heterocycles. The van der Waals surface area contributed by atoms with E-state index in [1.165, 1.54) is 0 Å². The lowest BCUT2D eigenvalue weighted by molar-refractivity contribution is 0.284. The van der Waals surface area contributed by atoms with Crippen molar-refractivity contribution in [1.29, 1.82) is 0 Å². The van der Waals surface area contributed by atoms with E-state index in [9.17, 15) is 8.42 Å². The van der Waals surface area contributed by atoms with Gasteiger partial charge in [-0.3, -0.25) is 0 Å². The lowest BCUT2D eigenvalue weighted by Gasteiger charge is -2.12. The SMILES string of the molecule is Cc1ccc(S(=O)(=O)[C@H](C)CCCO)cc1. The average Bonchev–Trinajstić information content (AvgIpc) is 2.26. The van der Waals surface area contributed by atoms with Crippen LogP contribution >= 0.6 is 0 Å². The molecule has 0 saturated heterocycles. The maximum absolute atomic E-state index is 12.1. The van der Waals surface area contributed by atoms with Crippen molar-refractivity contribution in [2.24, 2.45) is 0 Å². The van der Waals surface area contributed by atoms with E-state index in [2.05, 4.69) is 0 Å². The highest BCUT2D eigenvalue weighted by Gasteiger charge is 2.22. The van der Waals surface area contributed by atoms with Crippen LogP contribution in [0.1, 0.15) is 25.3 Å². The Hall–Kier alpha value is -0.870. The third kappa shape index (κ3) is 3.06. The van der Waals surface area contributed by atoms with Crippen molar-refractivity contribution < 1.29 is 13.5 Å². The molecule has 1 atom stereocenters. The van der Waals surface area contributed by atoms with E-state index >= 15 is 0 Å². The van der Waals surface area contributed by atoms with Gasteiger partial charge in [-0.1, -0.05) is 17.7 Å². The minimum absolute atomic E-state index is 0.0355. The third-order valence-electron chi connectivity index (χ3n) is 2.65. The molecule has 0 unspecified atom stereocenters. The molecule has 90 valence electrons. The molecule has 0 aliphatic carbocycles. The summed E-state index contributed by atoms with van der Waals surface area (Å²) < 4.78 is 24.1. The van der Waals surface area contributed by atoms with Crippen molar-refractivity contribution in [2.75, 3.05) is 6.61 Å². The summed E-state index contributed by atoms with van der Waals surface area (Å²) in [5, 5.41) is 8.25. The van der Waals surface area contributed by atoms with E-state index < -0.39 is 15.1 Å². The number of hydrogen-bond donors (Lipinski definition) is 1. The van der Waals surface area contributed by atoms with Crippen molar-refractivity contribution >= 4 is 9.84 Å². The van der Waals surface area contributed by atoms with Crippen molar-refractivity contribution in [1.82, 2.24) is 0 Å². The van der Waals surface area contributed by atoms with Crippen LogP contribution in [0.5, 0.6) is 0 Å². The van der Waals surface area contributed by atoms with Gasteiger partial charge in [-0.2, -0.15) is 0 Å². The summed E-state index contributed by atoms with van der Waals surface area (Å²) in [5.41, 5.74) is 1.04. The van der Waals surface area contributed by atoms with E-state index in [4.69, 9.17) is 5.11 Å². The fraction of sp³-hybridized carbons (Fsp3) is 0.500. The number of aliphatic hydroxyl groups is 1. The highest BCUT2D eigenvalue weighted by Crippen LogP contribution is 2.19. The zero-order valence-corrected chi connectivity index (χ0v) is 10.5. The monoisotopic (exact) mass is 242 g/mol. The zero-order chi connectivity index (χ0) is 12.2. The van der Waals surface area contributed by atoms with Crippen molar-refractivity contribution in [2.45, 2.75) is 36.8 Å². The molecule has 16 heavy (non-hydrogen) atoms. The molecule has 3 nitrogen and oxygen atoms in total. The Morgan fingerprint density at radius 2 is 1.81 bits per heavy atom. The van der Waals surface area contributed by atoms with Crippen molar-refractivity contribution in [3.63, 3.8) is 0 Å². The molecule has 0 amide bonds. The Morgan fingerprint density at radius 1 is 1.25 bits per heavy atom. The normalized spacial score (nSPS) is 13.7. The van der Waals surface area contributed by atoms with Crippen LogP contribution in [0.25, 0.3) is 0 Å². The smallest absolute Gasteiger partial charge is 0.180 e. The Labute approximate surface area is 97.0 Å². The predicted molar refractivity (Wildman–Crippen MR) is 64.1 cm³/mol. The van der Waals surface area contributed by atoms with E-state index in [0.29, 0.717) is 17.7 Å². The second kappa shape index (κ2) is 5.46. The number of rotatable bonds is 5. The summed E-state index contributed by atoms with van der Waals surface area (Å²) in [6.45, 7) is 3.64. The molecule has 0 aromatic heterocycles. The zero-order valence-electron chi connectivity index (χ0n) is 9.68. The van der Waals surface area contributed by atoms with Gasteiger partial charge < -0.3 is 5.11 Å². The van der Waals surface area contributed by atoms with Gasteiger partial charge in [-0.25, -0.2) is 8.42 Å². The van der Waals surface area contributed by atoms with Gasteiger partial charge in [-0.15, -0.1) is 0 Å². The molecular formula is C12H18O3S. The molecule has 0 aliphatic rings. The van der Waals surface area contributed by atoms with Crippen LogP contribution in [0.3, 0.4) is 0 Å². The molecule has 0 bridgehead atoms. The van der Waals surface area contributed by atoms with Crippen LogP contribution in [0, 0.1) is 6.92 Å². The third-order valence-corrected chi connectivity index (χ3v) is 4.87. The summed E-state index contributed by atoms with van der Waals surface area (Å²) >= 11 is 0. The molecule has 4 heteroatoms. The van der Waals surface area contributed by atoms with Gasteiger partial charge in [0, 0.05) is 6.61 Å². The second-order valence-electron chi connectivity index (χ2n) is 4.03. The van der Waals surface area contributed by atoms with Gasteiger partial charge >= 0.3 is 0 Å². The first kappa shape index (κ1) is 13.2. The highest BCUT2D eigenvalue weighted by atomic mass is 32.2. The molecule has 0 radical (unpaired) electrons. The summed E-state index contributed by atoms with van der Waals surface area (Å²) in [5.74, 6) is 0. The Balaban J connectivity index is 2.89. The van der Waals surface area contributed by atoms with Crippen LogP contribution < -0.4 is 0 Å². The van der Waals surface area contributed by atoms with Crippen LogP contribution in [0.4, 0.5) is 0 Å². The minimum atomic E-state index is -3.24. The van der Waals surface area contributed by atoms with E-state index in [1.807, 2.05) is 6.92 Å². The van der Waals surface area contributed by atoms with Gasteiger partial charge in [0.15, 0.2) is 9.84 Å². The molecule has 1 aromatic carbocycles. The number of aliphatic hydroxyl groups excluding tert-OH is 1. The van der Waals surface area contributed by atoms with Gasteiger partial charge in [0.2, 0.25) is 0 Å². The van der Waals surface area contributed by atoms with Gasteiger partial charge in [0.05, 0.1) is 10.1 Å². The molecule has 1 N–H and O–H groups in total. The standard InChI is InChI=1S/C12H18O3S/c1-10-5-7-12(8-6-10)16(14,15)11(2)4-3-9-13/h5-8,11,13H,3-4,9H2,1-2H3/t11-/m1/s1. The molecule has 1 rings (SSSR count). The number of hydrogen-bond acceptors (Lipinski definition) is 3. The number of aryl methyl sites for hydroxylation is 1. The Kier molecular flexibility index (Phi) is 4.50. The molecule has 0 fully saturated rings. The van der Waals surface area contributed by atoms with Crippen molar-refractivity contribution in [3.8, 4) is 0 Å². The highest BCUT2D eigenvalue weighted by molar-refractivity contribution is 7.92. The van der Waals surface area contributed by atoms with E-state index in [0.717, 1.165) is 5.56 Å². The van der Waals surface area contributed by atoms with E-state index in [-0.39, 0.29) is 6.61 Å². The first-order chi connectivity index (χ1) is 7.48. The first-order valence-corrected chi connectivity index (χ1v) is 6.94. The van der Waals surface area contributed by atoms with Crippen LogP contribution in [-0.2, 0) is 9.84 Å². The molecule has 0 saturated carbocycles. The Bertz CT molecular complexity index is 420. The summed E-state index contributed by atoms with van der Waals surface area (Å²) in [6.07, 6.45) is 1.01. The molecular weight excluding hydrogens is 224 g/mol. The predicted octanol–water partition coefficient (Wildman–Crippen LogP) is 1.93. The van der Waals surface area contributed by atoms with E-state index in [1.54, 1.807) is 31.2 Å². The van der Waals surface area contributed by atoms with Gasteiger partial charge in [0.1, 0.15) is 0 Å². The van der Waals surface area contributed by atoms with Gasteiger partial charge in [-0.05, 0) is 38.8 Å². The first-order valence-electron chi connectivity index (χ1n) is 5.40. The molecule has 1 aromatic rings. The fourth-order valence-corrected chi connectivity index (χ4v) is 2.95. The summed E-state index contributed by atoms with van der Waals surface area (Å²) in [4.78, 5) is 0.364. The van der Waals surface area contributed by atoms with Crippen LogP contribution in [0.2, 0.25) is 0 Å². The summed E-state index contributed by atoms with van der Waals surface area (Å²) in [6, 6.07) is 6.87. The maximum atomic E-state index is 12.1. The quantitative estimate of drug-likeness (QED) is 0.858. The lowest BCUT2D eigenvalue weighted by Crippen LogP contribution is -2.18.